The molecule has 0 bridgehead atoms. The number of anilines is 1. The Bertz CT molecular complexity index is 600. The van der Waals surface area contributed by atoms with E-state index in [9.17, 15) is 14.3 Å². The summed E-state index contributed by atoms with van der Waals surface area (Å²) in [5.74, 6) is -1.22. The molecule has 1 fully saturated rings. The highest BCUT2D eigenvalue weighted by atomic mass is 28.2. The van der Waals surface area contributed by atoms with Crippen LogP contribution >= 0.6 is 0 Å². The van der Waals surface area contributed by atoms with Crippen molar-refractivity contribution in [1.29, 1.82) is 0 Å². The molecule has 2 rings (SSSR count). The molecule has 128 valence electrons. The molecule has 1 aromatic carbocycles. The molecule has 0 radical (unpaired) electrons. The van der Waals surface area contributed by atoms with Gasteiger partial charge < -0.3 is 14.3 Å². The predicted octanol–water partition coefficient (Wildman–Crippen LogP) is 2.95. The van der Waals surface area contributed by atoms with Crippen LogP contribution in [0.5, 0.6) is 5.75 Å². The van der Waals surface area contributed by atoms with Gasteiger partial charge in [0.1, 0.15) is 6.10 Å². The van der Waals surface area contributed by atoms with Gasteiger partial charge in [-0.25, -0.2) is 9.18 Å². The first-order valence-electron chi connectivity index (χ1n) is 7.60. The van der Waals surface area contributed by atoms with Crippen molar-refractivity contribution >= 4 is 21.5 Å². The van der Waals surface area contributed by atoms with Crippen LogP contribution in [0.15, 0.2) is 18.2 Å². The van der Waals surface area contributed by atoms with Crippen LogP contribution in [0.25, 0.3) is 0 Å². The van der Waals surface area contributed by atoms with Gasteiger partial charge in [-0.05, 0) is 31.0 Å². The molecule has 1 saturated heterocycles. The first-order valence-corrected chi connectivity index (χ1v) is 8.89. The van der Waals surface area contributed by atoms with Crippen LogP contribution in [0.2, 0.25) is 5.04 Å². The number of benzene rings is 1. The number of phenols is 1. The average molecular weight is 341 g/mol. The Kier molecular flexibility index (Phi) is 4.73. The van der Waals surface area contributed by atoms with Crippen molar-refractivity contribution in [2.45, 2.75) is 51.4 Å². The minimum atomic E-state index is -0.800. The topological polar surface area (TPSA) is 59.0 Å². The second kappa shape index (κ2) is 6.12. The van der Waals surface area contributed by atoms with E-state index in [1.165, 1.54) is 17.0 Å². The zero-order valence-electron chi connectivity index (χ0n) is 14.2. The highest BCUT2D eigenvalue weighted by Crippen LogP contribution is 2.32. The Morgan fingerprint density at radius 2 is 2.00 bits per heavy atom. The van der Waals surface area contributed by atoms with Gasteiger partial charge in [-0.2, -0.15) is 0 Å². The van der Waals surface area contributed by atoms with Crippen LogP contribution in [0.1, 0.15) is 34.6 Å². The first-order chi connectivity index (χ1) is 10.5. The van der Waals surface area contributed by atoms with E-state index in [0.717, 1.165) is 6.07 Å². The van der Waals surface area contributed by atoms with Crippen LogP contribution < -0.4 is 4.90 Å². The van der Waals surface area contributed by atoms with Gasteiger partial charge in [0, 0.05) is 6.07 Å². The van der Waals surface area contributed by atoms with Crippen molar-refractivity contribution in [3.63, 3.8) is 0 Å². The molecule has 7 heteroatoms. The van der Waals surface area contributed by atoms with Gasteiger partial charge in [0.05, 0.1) is 17.8 Å². The maximum atomic E-state index is 13.5. The summed E-state index contributed by atoms with van der Waals surface area (Å²) in [4.78, 5) is 13.5. The largest absolute Gasteiger partial charge is 0.505 e. The number of cyclic esters (lactones) is 1. The molecule has 0 spiro atoms. The standard InChI is InChI=1S/C16H24FNO4Si/c1-15(2,3)23-22-16(4,5)13-9-18(14(20)21-13)10-6-7-12(19)11(17)8-10/h6-8,13,19H,9,23H2,1-5H3/t13-/m1/s1. The van der Waals surface area contributed by atoms with Gasteiger partial charge in [-0.1, -0.05) is 20.8 Å². The summed E-state index contributed by atoms with van der Waals surface area (Å²) in [5, 5.41) is 9.39. The van der Waals surface area contributed by atoms with Gasteiger partial charge in [0.25, 0.3) is 0 Å². The fraction of sp³-hybridized carbons (Fsp3) is 0.562. The molecule has 1 amide bonds. The Morgan fingerprint density at radius 1 is 1.35 bits per heavy atom. The Balaban J connectivity index is 2.11. The van der Waals surface area contributed by atoms with Crippen LogP contribution in [-0.4, -0.2) is 39.2 Å². The fourth-order valence-corrected chi connectivity index (χ4v) is 3.19. The lowest BCUT2D eigenvalue weighted by atomic mass is 10.0. The van der Waals surface area contributed by atoms with Crippen molar-refractivity contribution in [2.24, 2.45) is 0 Å². The van der Waals surface area contributed by atoms with E-state index < -0.39 is 39.1 Å². The first kappa shape index (κ1) is 17.7. The fourth-order valence-electron chi connectivity index (χ4n) is 2.19. The molecular weight excluding hydrogens is 317 g/mol. The van der Waals surface area contributed by atoms with Gasteiger partial charge in [-0.15, -0.1) is 0 Å². The third kappa shape index (κ3) is 4.23. The van der Waals surface area contributed by atoms with Crippen molar-refractivity contribution in [3.8, 4) is 5.75 Å². The molecule has 1 N–H and O–H groups in total. The number of aromatic hydroxyl groups is 1. The molecule has 0 aromatic heterocycles. The number of phenolic OH excluding ortho intramolecular Hbond substituents is 1. The second-order valence-electron chi connectivity index (χ2n) is 7.57. The van der Waals surface area contributed by atoms with Crippen LogP contribution in [0.4, 0.5) is 14.9 Å². The number of carbonyl (C=O) groups is 1. The number of ether oxygens (including phenoxy) is 1. The zero-order valence-corrected chi connectivity index (χ0v) is 15.6. The number of rotatable bonds is 4. The number of nitrogens with zero attached hydrogens (tertiary/aromatic N) is 1. The zero-order chi connectivity index (χ0) is 17.4. The Hall–Kier alpha value is -1.60. The monoisotopic (exact) mass is 341 g/mol. The summed E-state index contributed by atoms with van der Waals surface area (Å²) < 4.78 is 25.0. The van der Waals surface area contributed by atoms with E-state index in [1.54, 1.807) is 0 Å². The smallest absolute Gasteiger partial charge is 0.414 e. The minimum Gasteiger partial charge on any atom is -0.505 e. The average Bonchev–Trinajstić information content (AvgIpc) is 2.82. The molecule has 1 aliphatic rings. The third-order valence-electron chi connectivity index (χ3n) is 3.71. The SMILES string of the molecule is CC(C)(C)[SiH2]OC(C)(C)[C@H]1CN(c2ccc(O)c(F)c2)C(=O)O1. The summed E-state index contributed by atoms with van der Waals surface area (Å²) in [6.07, 6.45) is -0.962. The lowest BCUT2D eigenvalue weighted by Gasteiger charge is -2.33. The molecule has 23 heavy (non-hydrogen) atoms. The van der Waals surface area contributed by atoms with Gasteiger partial charge in [0.15, 0.2) is 21.3 Å². The maximum absolute atomic E-state index is 13.5. The van der Waals surface area contributed by atoms with Crippen molar-refractivity contribution in [2.75, 3.05) is 11.4 Å². The summed E-state index contributed by atoms with van der Waals surface area (Å²) in [6, 6.07) is 3.83. The van der Waals surface area contributed by atoms with Crippen LogP contribution in [-0.2, 0) is 9.16 Å². The highest BCUT2D eigenvalue weighted by molar-refractivity contribution is 6.31. The Morgan fingerprint density at radius 3 is 2.57 bits per heavy atom. The molecule has 1 heterocycles. The van der Waals surface area contributed by atoms with Crippen LogP contribution in [0.3, 0.4) is 0 Å². The maximum Gasteiger partial charge on any atom is 0.414 e. The molecule has 0 aliphatic carbocycles. The van der Waals surface area contributed by atoms with Crippen LogP contribution in [0, 0.1) is 5.82 Å². The van der Waals surface area contributed by atoms with E-state index in [-0.39, 0.29) is 11.6 Å². The molecule has 0 unspecified atom stereocenters. The van der Waals surface area contributed by atoms with Crippen molar-refractivity contribution < 1.29 is 23.5 Å². The van der Waals surface area contributed by atoms with Gasteiger partial charge >= 0.3 is 6.09 Å². The van der Waals surface area contributed by atoms with Gasteiger partial charge in [0.2, 0.25) is 0 Å². The summed E-state index contributed by atoms with van der Waals surface area (Å²) >= 11 is 0. The van der Waals surface area contributed by atoms with E-state index >= 15 is 0 Å². The number of amides is 1. The molecule has 1 aliphatic heterocycles. The highest BCUT2D eigenvalue weighted by Gasteiger charge is 2.43. The third-order valence-corrected chi connectivity index (χ3v) is 5.46. The quantitative estimate of drug-likeness (QED) is 0.856. The number of carbonyl (C=O) groups excluding carboxylic acids is 1. The normalized spacial score (nSPS) is 19.7. The number of hydrogen-bond acceptors (Lipinski definition) is 4. The van der Waals surface area contributed by atoms with E-state index in [4.69, 9.17) is 9.16 Å². The molecule has 0 saturated carbocycles. The molecular formula is C16H24FNO4Si. The molecule has 1 atom stereocenters. The lowest BCUT2D eigenvalue weighted by molar-refractivity contribution is -0.0133. The second-order valence-corrected chi connectivity index (χ2v) is 10.3. The summed E-state index contributed by atoms with van der Waals surface area (Å²) in [7, 11) is -0.800. The van der Waals surface area contributed by atoms with Gasteiger partial charge in [-0.3, -0.25) is 4.90 Å². The number of halogens is 1. The van der Waals surface area contributed by atoms with E-state index in [2.05, 4.69) is 20.8 Å². The molecule has 1 aromatic rings. The van der Waals surface area contributed by atoms with Crippen molar-refractivity contribution in [1.82, 2.24) is 0 Å². The summed E-state index contributed by atoms with van der Waals surface area (Å²) in [6.45, 7) is 10.5. The predicted molar refractivity (Wildman–Crippen MR) is 89.1 cm³/mol. The minimum absolute atomic E-state index is 0.139. The molecule has 5 nitrogen and oxygen atoms in total. The van der Waals surface area contributed by atoms with E-state index in [0.29, 0.717) is 5.69 Å². The summed E-state index contributed by atoms with van der Waals surface area (Å²) in [5.41, 5.74) is -0.240. The van der Waals surface area contributed by atoms with E-state index in [1.807, 2.05) is 13.8 Å². The Labute approximate surface area is 138 Å². The van der Waals surface area contributed by atoms with Crippen molar-refractivity contribution in [3.05, 3.63) is 24.0 Å². The lowest BCUT2D eigenvalue weighted by Crippen LogP contribution is -2.43. The number of hydrogen-bond donors (Lipinski definition) is 1.